The topological polar surface area (TPSA) is 143 Å². The molecule has 0 aliphatic rings. The Balaban J connectivity index is 3.50. The standard InChI is InChI=1S/C12H22N4O5/c1-3-4-16-9(13)8(10(20)15(2)11(16)21)14-12(5-17,6-18)7-19/h14,17-19H,3-7,13H2,1-2H3. The molecule has 120 valence electrons. The summed E-state index contributed by atoms with van der Waals surface area (Å²) in [5.74, 6) is -0.0929. The average Bonchev–Trinajstić information content (AvgIpc) is 2.51. The van der Waals surface area contributed by atoms with Crippen LogP contribution < -0.4 is 22.3 Å². The van der Waals surface area contributed by atoms with Crippen LogP contribution in [0.15, 0.2) is 9.59 Å². The predicted octanol–water partition coefficient (Wildman–Crippen LogP) is -2.33. The van der Waals surface area contributed by atoms with E-state index in [0.29, 0.717) is 13.0 Å². The molecule has 0 fully saturated rings. The Morgan fingerprint density at radius 3 is 2.14 bits per heavy atom. The summed E-state index contributed by atoms with van der Waals surface area (Å²) in [7, 11) is 1.31. The van der Waals surface area contributed by atoms with E-state index in [0.717, 1.165) is 4.57 Å². The van der Waals surface area contributed by atoms with Crippen LogP contribution in [0, 0.1) is 0 Å². The zero-order valence-corrected chi connectivity index (χ0v) is 12.2. The molecule has 0 aromatic carbocycles. The zero-order valence-electron chi connectivity index (χ0n) is 12.2. The lowest BCUT2D eigenvalue weighted by molar-refractivity contribution is 0.0832. The van der Waals surface area contributed by atoms with Crippen LogP contribution in [0.1, 0.15) is 13.3 Å². The maximum atomic E-state index is 12.2. The van der Waals surface area contributed by atoms with Crippen molar-refractivity contribution in [2.45, 2.75) is 25.4 Å². The van der Waals surface area contributed by atoms with Crippen LogP contribution in [-0.4, -0.2) is 49.8 Å². The average molecular weight is 302 g/mol. The summed E-state index contributed by atoms with van der Waals surface area (Å²) in [5.41, 5.74) is 2.97. The molecular formula is C12H22N4O5. The van der Waals surface area contributed by atoms with Crippen LogP contribution in [-0.2, 0) is 13.6 Å². The van der Waals surface area contributed by atoms with Crippen LogP contribution in [0.2, 0.25) is 0 Å². The first-order valence-corrected chi connectivity index (χ1v) is 6.57. The van der Waals surface area contributed by atoms with Crippen LogP contribution >= 0.6 is 0 Å². The number of aromatic nitrogens is 2. The molecule has 0 saturated heterocycles. The van der Waals surface area contributed by atoms with Crippen molar-refractivity contribution in [3.63, 3.8) is 0 Å². The highest BCUT2D eigenvalue weighted by Crippen LogP contribution is 2.17. The number of aliphatic hydroxyl groups is 3. The van der Waals surface area contributed by atoms with E-state index >= 15 is 0 Å². The Hall–Kier alpha value is -1.84. The number of hydrogen-bond donors (Lipinski definition) is 5. The highest BCUT2D eigenvalue weighted by molar-refractivity contribution is 5.62. The normalized spacial score (nSPS) is 11.7. The second-order valence-electron chi connectivity index (χ2n) is 4.94. The number of nitrogens with two attached hydrogens (primary N) is 1. The predicted molar refractivity (Wildman–Crippen MR) is 78.3 cm³/mol. The molecular weight excluding hydrogens is 280 g/mol. The molecule has 0 amide bonds. The lowest BCUT2D eigenvalue weighted by atomic mass is 10.0. The molecule has 0 saturated carbocycles. The summed E-state index contributed by atoms with van der Waals surface area (Å²) in [6.07, 6.45) is 0.632. The molecule has 9 heteroatoms. The van der Waals surface area contributed by atoms with E-state index < -0.39 is 36.6 Å². The van der Waals surface area contributed by atoms with Crippen molar-refractivity contribution in [1.29, 1.82) is 0 Å². The molecule has 1 heterocycles. The van der Waals surface area contributed by atoms with Crippen molar-refractivity contribution in [1.82, 2.24) is 9.13 Å². The van der Waals surface area contributed by atoms with Crippen LogP contribution in [0.4, 0.5) is 11.5 Å². The van der Waals surface area contributed by atoms with E-state index in [-0.39, 0.29) is 11.5 Å². The largest absolute Gasteiger partial charge is 0.394 e. The third-order valence-corrected chi connectivity index (χ3v) is 3.33. The summed E-state index contributed by atoms with van der Waals surface area (Å²) in [4.78, 5) is 24.2. The van der Waals surface area contributed by atoms with Gasteiger partial charge in [0.25, 0.3) is 5.56 Å². The Kier molecular flexibility index (Phi) is 5.53. The molecule has 0 radical (unpaired) electrons. The molecule has 0 spiro atoms. The van der Waals surface area contributed by atoms with Gasteiger partial charge in [-0.25, -0.2) is 4.79 Å². The van der Waals surface area contributed by atoms with Crippen molar-refractivity contribution in [2.24, 2.45) is 7.05 Å². The summed E-state index contributed by atoms with van der Waals surface area (Å²) in [6, 6.07) is 0. The van der Waals surface area contributed by atoms with Gasteiger partial charge in [0.05, 0.1) is 19.8 Å². The third kappa shape index (κ3) is 3.09. The van der Waals surface area contributed by atoms with Crippen molar-refractivity contribution in [2.75, 3.05) is 30.9 Å². The number of anilines is 2. The van der Waals surface area contributed by atoms with Gasteiger partial charge in [-0.2, -0.15) is 0 Å². The maximum absolute atomic E-state index is 12.2. The summed E-state index contributed by atoms with van der Waals surface area (Å²) < 4.78 is 2.10. The number of aliphatic hydroxyl groups excluding tert-OH is 3. The monoisotopic (exact) mass is 302 g/mol. The van der Waals surface area contributed by atoms with Crippen molar-refractivity contribution < 1.29 is 15.3 Å². The highest BCUT2D eigenvalue weighted by Gasteiger charge is 2.30. The molecule has 0 aliphatic carbocycles. The van der Waals surface area contributed by atoms with E-state index in [2.05, 4.69) is 5.32 Å². The highest BCUT2D eigenvalue weighted by atomic mass is 16.3. The van der Waals surface area contributed by atoms with Crippen LogP contribution in [0.25, 0.3) is 0 Å². The summed E-state index contributed by atoms with van der Waals surface area (Å²) >= 11 is 0. The quantitative estimate of drug-likeness (QED) is 0.380. The molecule has 1 rings (SSSR count). The van der Waals surface area contributed by atoms with E-state index in [1.807, 2.05) is 6.92 Å². The molecule has 6 N–H and O–H groups in total. The minimum Gasteiger partial charge on any atom is -0.394 e. The van der Waals surface area contributed by atoms with Crippen LogP contribution in [0.3, 0.4) is 0 Å². The van der Waals surface area contributed by atoms with Gasteiger partial charge in [0.15, 0.2) is 0 Å². The van der Waals surface area contributed by atoms with Gasteiger partial charge in [-0.1, -0.05) is 6.92 Å². The molecule has 21 heavy (non-hydrogen) atoms. The third-order valence-electron chi connectivity index (χ3n) is 3.33. The minimum absolute atomic E-state index is 0.0929. The number of nitrogen functional groups attached to an aromatic ring is 1. The smallest absolute Gasteiger partial charge is 0.332 e. The second kappa shape index (κ2) is 6.74. The van der Waals surface area contributed by atoms with E-state index in [4.69, 9.17) is 5.73 Å². The van der Waals surface area contributed by atoms with Gasteiger partial charge in [0.1, 0.15) is 17.0 Å². The second-order valence-corrected chi connectivity index (χ2v) is 4.94. The first-order chi connectivity index (χ1) is 9.87. The van der Waals surface area contributed by atoms with Gasteiger partial charge in [-0.05, 0) is 6.42 Å². The summed E-state index contributed by atoms with van der Waals surface area (Å²) in [6.45, 7) is 0.321. The zero-order chi connectivity index (χ0) is 16.2. The first kappa shape index (κ1) is 17.2. The Labute approximate surface area is 121 Å². The fraction of sp³-hybridized carbons (Fsp3) is 0.667. The molecule has 0 bridgehead atoms. The van der Waals surface area contributed by atoms with Gasteiger partial charge in [-0.15, -0.1) is 0 Å². The Morgan fingerprint density at radius 2 is 1.71 bits per heavy atom. The molecule has 1 aromatic heterocycles. The van der Waals surface area contributed by atoms with Crippen LogP contribution in [0.5, 0.6) is 0 Å². The van der Waals surface area contributed by atoms with Crippen molar-refractivity contribution >= 4 is 11.5 Å². The lowest BCUT2D eigenvalue weighted by Gasteiger charge is -2.30. The number of rotatable bonds is 7. The summed E-state index contributed by atoms with van der Waals surface area (Å²) in [5, 5.41) is 30.5. The fourth-order valence-corrected chi connectivity index (χ4v) is 1.87. The molecule has 1 aromatic rings. The number of hydrogen-bond acceptors (Lipinski definition) is 7. The van der Waals surface area contributed by atoms with Crippen molar-refractivity contribution in [3.8, 4) is 0 Å². The molecule has 0 atom stereocenters. The fourth-order valence-electron chi connectivity index (χ4n) is 1.87. The Morgan fingerprint density at radius 1 is 1.19 bits per heavy atom. The maximum Gasteiger partial charge on any atom is 0.332 e. The molecule has 0 aliphatic heterocycles. The van der Waals surface area contributed by atoms with E-state index in [9.17, 15) is 24.9 Å². The number of nitrogens with one attached hydrogen (secondary N) is 1. The van der Waals surface area contributed by atoms with Gasteiger partial charge in [-0.3, -0.25) is 13.9 Å². The number of nitrogens with zero attached hydrogens (tertiary/aromatic N) is 2. The van der Waals surface area contributed by atoms with Gasteiger partial charge in [0, 0.05) is 13.6 Å². The SMILES string of the molecule is CCCn1c(N)c(NC(CO)(CO)CO)c(=O)n(C)c1=O. The van der Waals surface area contributed by atoms with E-state index in [1.54, 1.807) is 0 Å². The van der Waals surface area contributed by atoms with Gasteiger partial charge in [0.2, 0.25) is 0 Å². The van der Waals surface area contributed by atoms with Gasteiger partial charge >= 0.3 is 5.69 Å². The Bertz CT molecular complexity index is 595. The minimum atomic E-state index is -1.51. The molecule has 9 nitrogen and oxygen atoms in total. The van der Waals surface area contributed by atoms with Gasteiger partial charge < -0.3 is 26.4 Å². The lowest BCUT2D eigenvalue weighted by Crippen LogP contribution is -2.52. The van der Waals surface area contributed by atoms with Crippen molar-refractivity contribution in [3.05, 3.63) is 20.8 Å². The first-order valence-electron chi connectivity index (χ1n) is 6.57. The molecule has 0 unspecified atom stereocenters. The van der Waals surface area contributed by atoms with E-state index in [1.165, 1.54) is 11.6 Å².